The topological polar surface area (TPSA) is 387 Å². The molecule has 5 saturated heterocycles. The van der Waals surface area contributed by atoms with Crippen molar-refractivity contribution < 1.29 is 99.5 Å². The van der Waals surface area contributed by atoms with Crippen molar-refractivity contribution >= 4 is 23.6 Å². The van der Waals surface area contributed by atoms with Crippen molar-refractivity contribution in [3.8, 4) is 0 Å². The molecule has 8 bridgehead atoms. The number of nitrogens with one attached hydrogen (secondary N) is 3. The molecule has 5 rings (SSSR count). The highest BCUT2D eigenvalue weighted by molar-refractivity contribution is 5.84. The summed E-state index contributed by atoms with van der Waals surface area (Å²) in [6.07, 6.45) is -37.0. The molecule has 24 heteroatoms. The Kier molecular flexibility index (Phi) is 12.7. The van der Waals surface area contributed by atoms with Crippen LogP contribution < -0.4 is 16.0 Å². The Morgan fingerprint density at radius 3 is 1.40 bits per heavy atom. The minimum absolute atomic E-state index is 0.175. The van der Waals surface area contributed by atoms with Gasteiger partial charge in [0.25, 0.3) is 11.8 Å². The molecule has 19 atom stereocenters. The van der Waals surface area contributed by atoms with Gasteiger partial charge >= 0.3 is 6.03 Å². The lowest BCUT2D eigenvalue weighted by Crippen LogP contribution is -2.67. The second kappa shape index (κ2) is 16.3. The first kappa shape index (κ1) is 40.4. The van der Waals surface area contributed by atoms with Gasteiger partial charge in [-0.1, -0.05) is 0 Å². The Labute approximate surface area is 293 Å². The molecule has 5 heterocycles. The Hall–Kier alpha value is -2.76. The van der Waals surface area contributed by atoms with Crippen LogP contribution in [0.2, 0.25) is 0 Å². The highest BCUT2D eigenvalue weighted by atomic mass is 16.7. The van der Waals surface area contributed by atoms with E-state index in [1.54, 1.807) is 0 Å². The lowest BCUT2D eigenvalue weighted by Gasteiger charge is -2.43. The van der Waals surface area contributed by atoms with E-state index in [0.717, 1.165) is 0 Å². The van der Waals surface area contributed by atoms with Gasteiger partial charge in [-0.3, -0.25) is 19.2 Å². The molecule has 296 valence electrons. The quantitative estimate of drug-likeness (QED) is 0.109. The van der Waals surface area contributed by atoms with E-state index in [1.165, 1.54) is 0 Å². The second-order valence-corrected chi connectivity index (χ2v) is 13.2. The minimum atomic E-state index is -2.20. The van der Waals surface area contributed by atoms with Gasteiger partial charge in [0.1, 0.15) is 91.6 Å². The van der Waals surface area contributed by atoms with E-state index in [4.69, 9.17) is 19.0 Å². The highest BCUT2D eigenvalue weighted by Gasteiger charge is 2.52. The van der Waals surface area contributed by atoms with Crippen molar-refractivity contribution in [2.45, 2.75) is 129 Å². The molecule has 0 radical (unpaired) electrons. The molecule has 52 heavy (non-hydrogen) atoms. The number of urea groups is 1. The maximum absolute atomic E-state index is 13.2. The fourth-order valence-electron chi connectivity index (χ4n) is 6.56. The van der Waals surface area contributed by atoms with Crippen LogP contribution in [0.15, 0.2) is 0 Å². The smallest absolute Gasteiger partial charge is 0.344 e. The molecule has 0 aromatic heterocycles. The SMILES string of the molecule is O=C1CC[C@@H]2O[C@H](C(=O)NC[C@@H]3O[C@H](C(=O)NC[C@@H]4ON(C(=O)NC[C@@H]5O[C@H]1[C@@H](O)[C@H](O)[C@H]5O)[C@@H](O)[C@H](O)[C@H]4O)[C@@H](O)[C@H](O)[C@H]3O)[C@@H](O)[C@H](O)[C@H]2O. The van der Waals surface area contributed by atoms with Crippen LogP contribution in [-0.2, 0) is 33.4 Å². The van der Waals surface area contributed by atoms with E-state index < -0.39 is 172 Å². The van der Waals surface area contributed by atoms with E-state index in [2.05, 4.69) is 16.0 Å². The van der Waals surface area contributed by atoms with Gasteiger partial charge in [0.2, 0.25) is 0 Å². The highest BCUT2D eigenvalue weighted by Crippen LogP contribution is 2.28. The van der Waals surface area contributed by atoms with Crippen LogP contribution >= 0.6 is 0 Å². The number of ether oxygens (including phenoxy) is 3. The van der Waals surface area contributed by atoms with Crippen LogP contribution in [0.5, 0.6) is 0 Å². The zero-order chi connectivity index (χ0) is 38.3. The van der Waals surface area contributed by atoms with Crippen molar-refractivity contribution in [1.82, 2.24) is 21.0 Å². The molecule has 0 aromatic rings. The average molecular weight is 757 g/mol. The van der Waals surface area contributed by atoms with Crippen molar-refractivity contribution in [3.63, 3.8) is 0 Å². The lowest BCUT2D eigenvalue weighted by molar-refractivity contribution is -0.320. The number of rotatable bonds is 0. The van der Waals surface area contributed by atoms with Crippen molar-refractivity contribution in [2.75, 3.05) is 19.6 Å². The summed E-state index contributed by atoms with van der Waals surface area (Å²) >= 11 is 0. The molecular weight excluding hydrogens is 712 g/mol. The van der Waals surface area contributed by atoms with Gasteiger partial charge in [0.05, 0.1) is 6.10 Å². The molecule has 0 unspecified atom stereocenters. The monoisotopic (exact) mass is 756 g/mol. The fraction of sp³-hybridized carbons (Fsp3) is 0.857. The third-order valence-electron chi connectivity index (χ3n) is 9.78. The molecule has 0 aliphatic carbocycles. The number of amides is 4. The van der Waals surface area contributed by atoms with Gasteiger partial charge in [-0.15, -0.1) is 0 Å². The Morgan fingerprint density at radius 2 is 0.865 bits per heavy atom. The number of ketones is 1. The van der Waals surface area contributed by atoms with Crippen molar-refractivity contribution in [1.29, 1.82) is 0 Å². The molecule has 5 aliphatic heterocycles. The predicted molar refractivity (Wildman–Crippen MR) is 158 cm³/mol. The number of fused-ring (bicyclic) bond motifs is 8. The number of hydrogen-bond donors (Lipinski definition) is 15. The zero-order valence-corrected chi connectivity index (χ0v) is 27.1. The van der Waals surface area contributed by atoms with Gasteiger partial charge in [-0.25, -0.2) is 4.79 Å². The normalized spacial score (nSPS) is 48.8. The first-order chi connectivity index (χ1) is 24.4. The van der Waals surface area contributed by atoms with Crippen LogP contribution in [0.4, 0.5) is 4.79 Å². The molecule has 4 amide bonds. The van der Waals surface area contributed by atoms with Crippen molar-refractivity contribution in [3.05, 3.63) is 0 Å². The summed E-state index contributed by atoms with van der Waals surface area (Å²) in [7, 11) is 0. The maximum atomic E-state index is 13.2. The number of carbonyl (C=O) groups is 4. The maximum Gasteiger partial charge on any atom is 0.344 e. The largest absolute Gasteiger partial charge is 0.388 e. The summed E-state index contributed by atoms with van der Waals surface area (Å²) < 4.78 is 16.5. The summed E-state index contributed by atoms with van der Waals surface area (Å²) in [5, 5.41) is 132. The van der Waals surface area contributed by atoms with Crippen LogP contribution in [-0.4, -0.2) is 226 Å². The number of aliphatic hydroxyl groups is 12. The molecule has 5 aliphatic rings. The molecule has 24 nitrogen and oxygen atoms in total. The lowest BCUT2D eigenvalue weighted by atomic mass is 9.88. The number of hydrogen-bond acceptors (Lipinski definition) is 20. The number of Topliss-reactive ketones (excluding diaryl/α,β-unsaturated/α-hetero) is 1. The summed E-state index contributed by atoms with van der Waals surface area (Å²) in [5.74, 6) is -3.23. The molecule has 0 saturated carbocycles. The number of aliphatic hydroxyl groups excluding tert-OH is 12. The third-order valence-corrected chi connectivity index (χ3v) is 9.78. The summed E-state index contributed by atoms with van der Waals surface area (Å²) in [5.41, 5.74) is 0. The Morgan fingerprint density at radius 1 is 0.462 bits per heavy atom. The average Bonchev–Trinajstić information content (AvgIpc) is 3.12. The van der Waals surface area contributed by atoms with Gasteiger partial charge < -0.3 is 91.4 Å². The van der Waals surface area contributed by atoms with E-state index in [0.29, 0.717) is 0 Å². The summed E-state index contributed by atoms with van der Waals surface area (Å²) in [6.45, 7) is -2.13. The van der Waals surface area contributed by atoms with E-state index >= 15 is 0 Å². The number of carbonyl (C=O) groups excluding carboxylic acids is 4. The summed E-state index contributed by atoms with van der Waals surface area (Å²) in [4.78, 5) is 57.7. The molecule has 0 aromatic carbocycles. The van der Waals surface area contributed by atoms with Crippen LogP contribution in [0, 0.1) is 0 Å². The first-order valence-electron chi connectivity index (χ1n) is 16.4. The Bertz CT molecular complexity index is 1120. The van der Waals surface area contributed by atoms with E-state index in [9.17, 15) is 80.5 Å². The standard InChI is InChI=1S/C28H44N4O20/c33-6-1-2-7-11(34)15(38)19(42)23(49-7)25(45)29-3-8-12(35)17(40)20(43)24(51-8)26(46)30-5-10-14(37)21(44)27(47)32(52-10)28(48)31-4-9-13(36)16(39)18(41)22(6)50-9/h7-24,27,34-44,47H,1-5H2,(H,29,45)(H,30,46)(H,31,48)/t7-,8-,9-,10-,11-,12-,13-,14-,15+,16+,17+,18-,19-,20-,21+,22+,23-,24-,27-/m0/s1. The summed E-state index contributed by atoms with van der Waals surface area (Å²) in [6, 6.07) is -1.31. The molecule has 5 fully saturated rings. The van der Waals surface area contributed by atoms with Gasteiger partial charge in [0.15, 0.2) is 24.2 Å². The van der Waals surface area contributed by atoms with E-state index in [1.807, 2.05) is 0 Å². The van der Waals surface area contributed by atoms with E-state index in [-0.39, 0.29) is 5.06 Å². The zero-order valence-electron chi connectivity index (χ0n) is 27.1. The number of nitrogens with zero attached hydrogens (tertiary/aromatic N) is 1. The molecule has 15 N–H and O–H groups in total. The number of hydroxylamine groups is 2. The second-order valence-electron chi connectivity index (χ2n) is 13.2. The van der Waals surface area contributed by atoms with Crippen LogP contribution in [0.1, 0.15) is 12.8 Å². The van der Waals surface area contributed by atoms with Gasteiger partial charge in [0, 0.05) is 26.1 Å². The Balaban J connectivity index is 1.40. The fourth-order valence-corrected chi connectivity index (χ4v) is 6.56. The van der Waals surface area contributed by atoms with Gasteiger partial charge in [-0.05, 0) is 6.42 Å². The third kappa shape index (κ3) is 7.88. The van der Waals surface area contributed by atoms with Crippen LogP contribution in [0.25, 0.3) is 0 Å². The first-order valence-corrected chi connectivity index (χ1v) is 16.4. The predicted octanol–water partition coefficient (Wildman–Crippen LogP) is -10.5. The minimum Gasteiger partial charge on any atom is -0.388 e. The van der Waals surface area contributed by atoms with Crippen LogP contribution in [0.3, 0.4) is 0 Å². The molecular formula is C28H44N4O20. The van der Waals surface area contributed by atoms with Gasteiger partial charge in [-0.2, -0.15) is 5.06 Å². The van der Waals surface area contributed by atoms with Crippen molar-refractivity contribution in [2.24, 2.45) is 0 Å². The molecule has 0 spiro atoms.